The molecular formula is C15H21IN4. The molecule has 3 N–H and O–H groups in total. The number of guanidine groups is 1. The first-order chi connectivity index (χ1) is 9.33. The number of benzene rings is 1. The minimum absolute atomic E-state index is 0. The van der Waals surface area contributed by atoms with E-state index in [0.29, 0.717) is 12.5 Å². The molecule has 5 heteroatoms. The Morgan fingerprint density at radius 2 is 1.95 bits per heavy atom. The van der Waals surface area contributed by atoms with Gasteiger partial charge in [0.25, 0.3) is 0 Å². The highest BCUT2D eigenvalue weighted by Gasteiger charge is 2.11. The van der Waals surface area contributed by atoms with Crippen LogP contribution in [-0.4, -0.2) is 28.9 Å². The zero-order valence-corrected chi connectivity index (χ0v) is 13.8. The number of nitrogens with zero attached hydrogens (tertiary/aromatic N) is 2. The van der Waals surface area contributed by atoms with E-state index in [2.05, 4.69) is 33.1 Å². The first-order valence-electron chi connectivity index (χ1n) is 6.94. The Balaban J connectivity index is 0.00000147. The lowest BCUT2D eigenvalue weighted by molar-refractivity contribution is 0.338. The molecule has 0 saturated carbocycles. The number of halogens is 1. The fourth-order valence-corrected chi connectivity index (χ4v) is 2.61. The highest BCUT2D eigenvalue weighted by atomic mass is 127. The molecule has 20 heavy (non-hydrogen) atoms. The van der Waals surface area contributed by atoms with E-state index in [9.17, 15) is 0 Å². The van der Waals surface area contributed by atoms with Gasteiger partial charge in [-0.3, -0.25) is 0 Å². The highest BCUT2D eigenvalue weighted by Crippen LogP contribution is 2.15. The van der Waals surface area contributed by atoms with Crippen molar-refractivity contribution >= 4 is 40.8 Å². The van der Waals surface area contributed by atoms with Crippen molar-refractivity contribution in [1.82, 2.24) is 9.88 Å². The predicted octanol–water partition coefficient (Wildman–Crippen LogP) is 3.09. The molecule has 0 spiro atoms. The topological polar surface area (TPSA) is 57.4 Å². The van der Waals surface area contributed by atoms with E-state index >= 15 is 0 Å². The third-order valence-electron chi connectivity index (χ3n) is 3.68. The maximum atomic E-state index is 6.05. The standard InChI is InChI=1S/C15H20N4.HI/c16-15(19-8-4-1-5-9-19)17-11-13-10-12-6-2-3-7-14(12)18-13;/h2-3,6-7,10,18H,1,4-5,8-9,11H2,(H2,16,17);1H. The summed E-state index contributed by atoms with van der Waals surface area (Å²) in [5, 5.41) is 1.23. The fourth-order valence-electron chi connectivity index (χ4n) is 2.61. The molecule has 0 unspecified atom stereocenters. The maximum absolute atomic E-state index is 6.05. The van der Waals surface area contributed by atoms with Gasteiger partial charge in [-0.05, 0) is 36.8 Å². The number of piperidine rings is 1. The average molecular weight is 384 g/mol. The Labute approximate surface area is 136 Å². The second kappa shape index (κ2) is 6.97. The Morgan fingerprint density at radius 3 is 2.70 bits per heavy atom. The molecule has 1 aromatic carbocycles. The van der Waals surface area contributed by atoms with Crippen molar-refractivity contribution in [1.29, 1.82) is 0 Å². The van der Waals surface area contributed by atoms with Crippen LogP contribution >= 0.6 is 24.0 Å². The number of aromatic nitrogens is 1. The van der Waals surface area contributed by atoms with E-state index in [4.69, 9.17) is 5.73 Å². The van der Waals surface area contributed by atoms with Crippen LogP contribution in [0.15, 0.2) is 35.3 Å². The van der Waals surface area contributed by atoms with E-state index in [-0.39, 0.29) is 24.0 Å². The lowest BCUT2D eigenvalue weighted by Crippen LogP contribution is -2.40. The minimum Gasteiger partial charge on any atom is -0.370 e. The third-order valence-corrected chi connectivity index (χ3v) is 3.68. The largest absolute Gasteiger partial charge is 0.370 e. The molecule has 0 amide bonds. The fraction of sp³-hybridized carbons (Fsp3) is 0.400. The van der Waals surface area contributed by atoms with Crippen molar-refractivity contribution in [3.63, 3.8) is 0 Å². The zero-order valence-electron chi connectivity index (χ0n) is 11.5. The summed E-state index contributed by atoms with van der Waals surface area (Å²) in [7, 11) is 0. The average Bonchev–Trinajstić information content (AvgIpc) is 2.88. The molecule has 0 atom stereocenters. The van der Waals surface area contributed by atoms with Crippen molar-refractivity contribution in [2.75, 3.05) is 13.1 Å². The summed E-state index contributed by atoms with van der Waals surface area (Å²) >= 11 is 0. The second-order valence-electron chi connectivity index (χ2n) is 5.10. The normalized spacial score (nSPS) is 16.2. The molecule has 3 rings (SSSR count). The number of rotatable bonds is 2. The highest BCUT2D eigenvalue weighted by molar-refractivity contribution is 14.0. The van der Waals surface area contributed by atoms with Gasteiger partial charge in [-0.15, -0.1) is 24.0 Å². The SMILES string of the molecule is I.NC(=NCc1cc2ccccc2[nH]1)N1CCCCC1. The number of hydrogen-bond acceptors (Lipinski definition) is 1. The third kappa shape index (κ3) is 3.45. The molecule has 0 aliphatic carbocycles. The van der Waals surface area contributed by atoms with Gasteiger partial charge in [0.05, 0.1) is 6.54 Å². The van der Waals surface area contributed by atoms with Crippen LogP contribution in [-0.2, 0) is 6.54 Å². The second-order valence-corrected chi connectivity index (χ2v) is 5.10. The molecule has 1 saturated heterocycles. The Morgan fingerprint density at radius 1 is 1.20 bits per heavy atom. The summed E-state index contributed by atoms with van der Waals surface area (Å²) in [6, 6.07) is 10.4. The molecule has 0 bridgehead atoms. The van der Waals surface area contributed by atoms with Crippen LogP contribution in [0.4, 0.5) is 0 Å². The molecule has 1 aliphatic rings. The van der Waals surface area contributed by atoms with Gasteiger partial charge < -0.3 is 15.6 Å². The van der Waals surface area contributed by atoms with Crippen LogP contribution in [0.1, 0.15) is 25.0 Å². The van der Waals surface area contributed by atoms with E-state index in [1.807, 2.05) is 12.1 Å². The summed E-state index contributed by atoms with van der Waals surface area (Å²) in [5.41, 5.74) is 8.32. The number of likely N-dealkylation sites (tertiary alicyclic amines) is 1. The first-order valence-corrected chi connectivity index (χ1v) is 6.94. The number of para-hydroxylation sites is 1. The molecule has 1 fully saturated rings. The van der Waals surface area contributed by atoms with Crippen molar-refractivity contribution in [2.24, 2.45) is 10.7 Å². The van der Waals surface area contributed by atoms with Crippen molar-refractivity contribution in [2.45, 2.75) is 25.8 Å². The molecular weight excluding hydrogens is 363 g/mol. The van der Waals surface area contributed by atoms with Gasteiger partial charge in [-0.2, -0.15) is 0 Å². The quantitative estimate of drug-likeness (QED) is 0.475. The summed E-state index contributed by atoms with van der Waals surface area (Å²) in [5.74, 6) is 0.679. The van der Waals surface area contributed by atoms with Crippen LogP contribution in [0.3, 0.4) is 0 Å². The molecule has 4 nitrogen and oxygen atoms in total. The van der Waals surface area contributed by atoms with Gasteiger partial charge in [0.1, 0.15) is 0 Å². The number of fused-ring (bicyclic) bond motifs is 1. The van der Waals surface area contributed by atoms with Crippen LogP contribution < -0.4 is 5.73 Å². The van der Waals surface area contributed by atoms with E-state index in [1.54, 1.807) is 0 Å². The van der Waals surface area contributed by atoms with Crippen LogP contribution in [0.2, 0.25) is 0 Å². The number of nitrogens with two attached hydrogens (primary N) is 1. The van der Waals surface area contributed by atoms with Crippen LogP contribution in [0, 0.1) is 0 Å². The lowest BCUT2D eigenvalue weighted by Gasteiger charge is -2.27. The van der Waals surface area contributed by atoms with Crippen LogP contribution in [0.5, 0.6) is 0 Å². The molecule has 108 valence electrons. The van der Waals surface area contributed by atoms with E-state index in [0.717, 1.165) is 24.3 Å². The Kier molecular flexibility index (Phi) is 5.28. The van der Waals surface area contributed by atoms with Crippen molar-refractivity contribution in [3.05, 3.63) is 36.0 Å². The Hall–Kier alpha value is -1.24. The maximum Gasteiger partial charge on any atom is 0.191 e. The summed E-state index contributed by atoms with van der Waals surface area (Å²) < 4.78 is 0. The van der Waals surface area contributed by atoms with Crippen molar-refractivity contribution in [3.8, 4) is 0 Å². The van der Waals surface area contributed by atoms with Gasteiger partial charge in [-0.1, -0.05) is 18.2 Å². The lowest BCUT2D eigenvalue weighted by atomic mass is 10.1. The molecule has 1 aliphatic heterocycles. The molecule has 0 radical (unpaired) electrons. The number of aromatic amines is 1. The zero-order chi connectivity index (χ0) is 13.1. The summed E-state index contributed by atoms with van der Waals surface area (Å²) in [6.07, 6.45) is 3.76. The summed E-state index contributed by atoms with van der Waals surface area (Å²) in [4.78, 5) is 10.1. The number of aliphatic imine (C=N–C) groups is 1. The van der Waals surface area contributed by atoms with Gasteiger partial charge in [-0.25, -0.2) is 4.99 Å². The molecule has 2 heterocycles. The molecule has 1 aromatic heterocycles. The van der Waals surface area contributed by atoms with Gasteiger partial charge in [0, 0.05) is 24.3 Å². The predicted molar refractivity (Wildman–Crippen MR) is 94.5 cm³/mol. The van der Waals surface area contributed by atoms with E-state index < -0.39 is 0 Å². The van der Waals surface area contributed by atoms with Crippen molar-refractivity contribution < 1.29 is 0 Å². The number of nitrogens with one attached hydrogen (secondary N) is 1. The molecule has 2 aromatic rings. The van der Waals surface area contributed by atoms with E-state index in [1.165, 1.54) is 24.6 Å². The number of H-pyrrole nitrogens is 1. The van der Waals surface area contributed by atoms with Gasteiger partial charge in [0.15, 0.2) is 5.96 Å². The number of hydrogen-bond donors (Lipinski definition) is 2. The first kappa shape index (κ1) is 15.2. The Bertz CT molecular complexity index is 551. The van der Waals surface area contributed by atoms with Gasteiger partial charge in [0.2, 0.25) is 0 Å². The van der Waals surface area contributed by atoms with Gasteiger partial charge >= 0.3 is 0 Å². The minimum atomic E-state index is 0. The smallest absolute Gasteiger partial charge is 0.191 e. The van der Waals surface area contributed by atoms with Crippen LogP contribution in [0.25, 0.3) is 10.9 Å². The summed E-state index contributed by atoms with van der Waals surface area (Å²) in [6.45, 7) is 2.71. The monoisotopic (exact) mass is 384 g/mol.